The number of anilines is 1. The van der Waals surface area contributed by atoms with E-state index in [2.05, 4.69) is 53.1 Å². The molecule has 9 heteroatoms. The van der Waals surface area contributed by atoms with Crippen LogP contribution in [0.3, 0.4) is 0 Å². The number of carboxylic acids is 1. The van der Waals surface area contributed by atoms with Gasteiger partial charge in [-0.25, -0.2) is 0 Å². The van der Waals surface area contributed by atoms with E-state index in [0.717, 1.165) is 67.0 Å². The maximum Gasteiger partial charge on any atom is 0.303 e. The van der Waals surface area contributed by atoms with Gasteiger partial charge in [0.1, 0.15) is 11.9 Å². The second kappa shape index (κ2) is 16.0. The van der Waals surface area contributed by atoms with E-state index in [1.807, 2.05) is 53.2 Å². The fourth-order valence-electron chi connectivity index (χ4n) is 6.71. The van der Waals surface area contributed by atoms with Crippen LogP contribution in [-0.4, -0.2) is 73.3 Å². The highest BCUT2D eigenvalue weighted by Gasteiger charge is 2.24. The number of carboxylic acid groups (broad SMARTS) is 1. The van der Waals surface area contributed by atoms with Crippen LogP contribution in [0, 0.1) is 6.92 Å². The summed E-state index contributed by atoms with van der Waals surface area (Å²) in [6.07, 6.45) is 2.93. The number of benzene rings is 4. The van der Waals surface area contributed by atoms with E-state index in [-0.39, 0.29) is 18.3 Å². The number of carbonyl (C=O) groups excluding carboxylic acids is 1. The zero-order valence-corrected chi connectivity index (χ0v) is 29.0. The van der Waals surface area contributed by atoms with Gasteiger partial charge in [-0.2, -0.15) is 0 Å². The van der Waals surface area contributed by atoms with Crippen LogP contribution in [-0.2, 0) is 11.3 Å². The van der Waals surface area contributed by atoms with E-state index in [9.17, 15) is 9.59 Å². The Morgan fingerprint density at radius 1 is 0.800 bits per heavy atom. The molecule has 0 amide bonds. The molecule has 1 aliphatic rings. The normalized spacial score (nSPS) is 14.0. The molecule has 5 aromatic rings. The van der Waals surface area contributed by atoms with E-state index in [1.165, 1.54) is 5.56 Å². The van der Waals surface area contributed by atoms with Crippen molar-refractivity contribution in [3.8, 4) is 17.2 Å². The van der Waals surface area contributed by atoms with Crippen molar-refractivity contribution in [1.82, 2.24) is 9.47 Å². The minimum absolute atomic E-state index is 0.0680. The second-order valence-corrected chi connectivity index (χ2v) is 12.8. The fourth-order valence-corrected chi connectivity index (χ4v) is 6.71. The molecule has 0 aliphatic carbocycles. The van der Waals surface area contributed by atoms with Crippen molar-refractivity contribution in [3.05, 3.63) is 119 Å². The number of nitrogens with zero attached hydrogens (tertiary/aromatic N) is 3. The zero-order valence-electron chi connectivity index (χ0n) is 29.0. The van der Waals surface area contributed by atoms with Crippen LogP contribution in [0.1, 0.15) is 52.4 Å². The van der Waals surface area contributed by atoms with Gasteiger partial charge in [-0.3, -0.25) is 14.5 Å². The molecule has 6 rings (SSSR count). The molecule has 0 unspecified atom stereocenters. The SMILES string of the molecule is COc1cc(C(=O)c2cn(CCCC(=O)O)c3ccccc23)ccc1O[C@@H](CCN1CCN(c2ccccc2OC)CC1)c1ccc(C)cc1. The Hall–Kier alpha value is -5.28. The minimum Gasteiger partial charge on any atom is -0.495 e. The number of hydrogen-bond acceptors (Lipinski definition) is 7. The highest BCUT2D eigenvalue weighted by atomic mass is 16.5. The summed E-state index contributed by atoms with van der Waals surface area (Å²) >= 11 is 0. The zero-order chi connectivity index (χ0) is 35.0. The number of carbonyl (C=O) groups is 2. The number of rotatable bonds is 15. The van der Waals surface area contributed by atoms with Gasteiger partial charge in [-0.15, -0.1) is 0 Å². The van der Waals surface area contributed by atoms with Gasteiger partial charge in [0.2, 0.25) is 0 Å². The molecular weight excluding hydrogens is 630 g/mol. The third-order valence-electron chi connectivity index (χ3n) is 9.47. The second-order valence-electron chi connectivity index (χ2n) is 12.8. The topological polar surface area (TPSA) is 93.5 Å². The summed E-state index contributed by atoms with van der Waals surface area (Å²) in [7, 11) is 3.31. The highest BCUT2D eigenvalue weighted by Crippen LogP contribution is 2.35. The molecule has 1 fully saturated rings. The maximum atomic E-state index is 13.9. The average molecular weight is 676 g/mol. The molecule has 9 nitrogen and oxygen atoms in total. The molecule has 4 aromatic carbocycles. The lowest BCUT2D eigenvalue weighted by Crippen LogP contribution is -2.47. The van der Waals surface area contributed by atoms with Gasteiger partial charge in [0.15, 0.2) is 17.3 Å². The Bertz CT molecular complexity index is 1930. The number of ketones is 1. The van der Waals surface area contributed by atoms with Gasteiger partial charge >= 0.3 is 5.97 Å². The van der Waals surface area contributed by atoms with Crippen molar-refractivity contribution in [2.45, 2.75) is 38.8 Å². The van der Waals surface area contributed by atoms with Gasteiger partial charge in [0, 0.05) is 80.3 Å². The minimum atomic E-state index is -0.833. The first-order valence-corrected chi connectivity index (χ1v) is 17.2. The first-order valence-electron chi connectivity index (χ1n) is 17.2. The Kier molecular flexibility index (Phi) is 11.0. The lowest BCUT2D eigenvalue weighted by atomic mass is 10.0. The molecule has 1 aliphatic heterocycles. The summed E-state index contributed by atoms with van der Waals surface area (Å²) < 4.78 is 20.1. The predicted molar refractivity (Wildman–Crippen MR) is 196 cm³/mol. The first-order chi connectivity index (χ1) is 24.3. The average Bonchev–Trinajstić information content (AvgIpc) is 3.52. The van der Waals surface area contributed by atoms with E-state index in [4.69, 9.17) is 19.3 Å². The number of methoxy groups -OCH3 is 2. The standard InChI is InChI=1S/C41H45N3O6/c1-29-14-16-30(17-15-29)36(20-22-42-23-25-43(26-24-42)35-11-6-7-12-37(35)48-2)50-38-19-18-31(27-39(38)49-3)41(47)33-28-44(21-8-13-40(45)46)34-10-5-4-9-32(33)34/h4-7,9-12,14-19,27-28,36H,8,13,20-26H2,1-3H3,(H,45,46)/t36-/m0/s1. The third kappa shape index (κ3) is 7.95. The molecule has 1 saturated heterocycles. The van der Waals surface area contributed by atoms with E-state index in [0.29, 0.717) is 35.6 Å². The van der Waals surface area contributed by atoms with Crippen LogP contribution in [0.2, 0.25) is 0 Å². The lowest BCUT2D eigenvalue weighted by molar-refractivity contribution is -0.137. The van der Waals surface area contributed by atoms with Gasteiger partial charge in [0.25, 0.3) is 0 Å². The third-order valence-corrected chi connectivity index (χ3v) is 9.47. The number of para-hydroxylation sites is 3. The summed E-state index contributed by atoms with van der Waals surface area (Å²) in [4.78, 5) is 29.9. The Morgan fingerprint density at radius 2 is 1.52 bits per heavy atom. The molecule has 0 spiro atoms. The molecule has 260 valence electrons. The smallest absolute Gasteiger partial charge is 0.303 e. The molecule has 2 heterocycles. The quantitative estimate of drug-likeness (QED) is 0.115. The molecule has 1 atom stereocenters. The molecule has 1 aromatic heterocycles. The van der Waals surface area contributed by atoms with Crippen molar-refractivity contribution in [2.24, 2.45) is 0 Å². The molecule has 0 bridgehead atoms. The fraction of sp³-hybridized carbons (Fsp3) is 0.317. The van der Waals surface area contributed by atoms with Crippen molar-refractivity contribution in [3.63, 3.8) is 0 Å². The number of piperazine rings is 1. The van der Waals surface area contributed by atoms with Crippen LogP contribution in [0.25, 0.3) is 10.9 Å². The molecule has 0 radical (unpaired) electrons. The van der Waals surface area contributed by atoms with E-state index >= 15 is 0 Å². The van der Waals surface area contributed by atoms with Crippen molar-refractivity contribution in [2.75, 3.05) is 51.8 Å². The van der Waals surface area contributed by atoms with E-state index < -0.39 is 5.97 Å². The van der Waals surface area contributed by atoms with Gasteiger partial charge in [-0.1, -0.05) is 60.2 Å². The number of ether oxygens (including phenoxy) is 3. The summed E-state index contributed by atoms with van der Waals surface area (Å²) in [5, 5.41) is 9.93. The summed E-state index contributed by atoms with van der Waals surface area (Å²) in [5.74, 6) is 0.996. The van der Waals surface area contributed by atoms with Crippen LogP contribution in [0.15, 0.2) is 97.2 Å². The van der Waals surface area contributed by atoms with Crippen molar-refractivity contribution >= 4 is 28.3 Å². The summed E-state index contributed by atoms with van der Waals surface area (Å²) in [6, 6.07) is 29.7. The van der Waals surface area contributed by atoms with Crippen LogP contribution in [0.4, 0.5) is 5.69 Å². The van der Waals surface area contributed by atoms with Gasteiger partial charge in [0.05, 0.1) is 19.9 Å². The number of fused-ring (bicyclic) bond motifs is 1. The Labute approximate surface area is 293 Å². The highest BCUT2D eigenvalue weighted by molar-refractivity contribution is 6.16. The predicted octanol–water partition coefficient (Wildman–Crippen LogP) is 7.40. The number of aliphatic carboxylic acids is 1. The molecular formula is C41H45N3O6. The molecule has 1 N–H and O–H groups in total. The Balaban J connectivity index is 1.17. The number of aryl methyl sites for hydroxylation is 2. The first kappa shape index (κ1) is 34.6. The monoisotopic (exact) mass is 675 g/mol. The van der Waals surface area contributed by atoms with Crippen LogP contribution in [0.5, 0.6) is 17.2 Å². The van der Waals surface area contributed by atoms with Crippen LogP contribution >= 0.6 is 0 Å². The molecule has 50 heavy (non-hydrogen) atoms. The molecule has 0 saturated carbocycles. The number of hydrogen-bond donors (Lipinski definition) is 1. The summed E-state index contributed by atoms with van der Waals surface area (Å²) in [5.41, 5.74) is 5.35. The largest absolute Gasteiger partial charge is 0.495 e. The van der Waals surface area contributed by atoms with Crippen molar-refractivity contribution < 1.29 is 28.9 Å². The number of aromatic nitrogens is 1. The van der Waals surface area contributed by atoms with Gasteiger partial charge in [-0.05, 0) is 55.3 Å². The van der Waals surface area contributed by atoms with Crippen LogP contribution < -0.4 is 19.1 Å². The van der Waals surface area contributed by atoms with E-state index in [1.54, 1.807) is 26.4 Å². The van der Waals surface area contributed by atoms with Crippen molar-refractivity contribution in [1.29, 1.82) is 0 Å². The lowest BCUT2D eigenvalue weighted by Gasteiger charge is -2.37. The van der Waals surface area contributed by atoms with Gasteiger partial charge < -0.3 is 28.8 Å². The Morgan fingerprint density at radius 3 is 2.26 bits per heavy atom. The summed E-state index contributed by atoms with van der Waals surface area (Å²) in [6.45, 7) is 7.17. The maximum absolute atomic E-state index is 13.9.